The van der Waals surface area contributed by atoms with E-state index < -0.39 is 0 Å². The summed E-state index contributed by atoms with van der Waals surface area (Å²) in [6.45, 7) is 1.58. The number of nitriles is 1. The average Bonchev–Trinajstić information content (AvgIpc) is 2.19. The van der Waals surface area contributed by atoms with Gasteiger partial charge in [0.25, 0.3) is 0 Å². The van der Waals surface area contributed by atoms with E-state index in [0.29, 0.717) is 24.8 Å². The lowest BCUT2D eigenvalue weighted by molar-refractivity contribution is -0.0690. The summed E-state index contributed by atoms with van der Waals surface area (Å²) in [7, 11) is 0. The Morgan fingerprint density at radius 2 is 2.20 bits per heavy atom. The number of ether oxygens (including phenoxy) is 1. The van der Waals surface area contributed by atoms with E-state index in [0.717, 1.165) is 5.69 Å². The van der Waals surface area contributed by atoms with Crippen molar-refractivity contribution in [3.05, 3.63) is 29.3 Å². The molecule has 1 saturated heterocycles. The van der Waals surface area contributed by atoms with E-state index in [9.17, 15) is 0 Å². The van der Waals surface area contributed by atoms with Crippen molar-refractivity contribution < 1.29 is 4.74 Å². The highest BCUT2D eigenvalue weighted by atomic mass is 35.5. The normalized spacial score (nSPS) is 17.6. The molecule has 15 heavy (non-hydrogen) atoms. The van der Waals surface area contributed by atoms with E-state index in [1.807, 2.05) is 24.3 Å². The second kappa shape index (κ2) is 4.09. The van der Waals surface area contributed by atoms with Crippen LogP contribution in [-0.4, -0.2) is 19.8 Å². The molecular formula is C11H11ClN2O. The number of nitrogens with zero attached hydrogens (tertiary/aromatic N) is 1. The molecule has 0 spiro atoms. The van der Waals surface area contributed by atoms with Crippen LogP contribution in [0.1, 0.15) is 0 Å². The first-order valence-corrected chi connectivity index (χ1v) is 5.11. The lowest BCUT2D eigenvalue weighted by Crippen LogP contribution is -2.46. The summed E-state index contributed by atoms with van der Waals surface area (Å²) in [6.07, 6.45) is 0. The molecule has 1 heterocycles. The molecule has 1 N–H and O–H groups in total. The van der Waals surface area contributed by atoms with Gasteiger partial charge in [-0.2, -0.15) is 5.26 Å². The summed E-state index contributed by atoms with van der Waals surface area (Å²) in [6, 6.07) is 9.77. The quantitative estimate of drug-likeness (QED) is 0.854. The van der Waals surface area contributed by atoms with E-state index in [2.05, 4.69) is 11.4 Å². The number of benzene rings is 1. The van der Waals surface area contributed by atoms with E-state index in [-0.39, 0.29) is 5.41 Å². The molecule has 4 heteroatoms. The molecule has 0 aromatic heterocycles. The van der Waals surface area contributed by atoms with Crippen LogP contribution in [0.15, 0.2) is 24.3 Å². The number of rotatable bonds is 3. The molecule has 1 aliphatic heterocycles. The van der Waals surface area contributed by atoms with Gasteiger partial charge in [-0.25, -0.2) is 0 Å². The van der Waals surface area contributed by atoms with Crippen molar-refractivity contribution in [3.63, 3.8) is 0 Å². The SMILES string of the molecule is N#CC1(CNc2ccccc2Cl)COC1. The molecule has 2 rings (SSSR count). The maximum Gasteiger partial charge on any atom is 0.121 e. The summed E-state index contributed by atoms with van der Waals surface area (Å²) in [5, 5.41) is 12.8. The van der Waals surface area contributed by atoms with Crippen molar-refractivity contribution in [1.29, 1.82) is 5.26 Å². The van der Waals surface area contributed by atoms with Gasteiger partial charge in [-0.05, 0) is 12.1 Å². The number of para-hydroxylation sites is 1. The molecule has 1 aliphatic rings. The number of hydrogen-bond acceptors (Lipinski definition) is 3. The van der Waals surface area contributed by atoms with Crippen LogP contribution in [0.3, 0.4) is 0 Å². The summed E-state index contributed by atoms with van der Waals surface area (Å²) in [5.41, 5.74) is 0.486. The van der Waals surface area contributed by atoms with Crippen LogP contribution in [0.2, 0.25) is 5.02 Å². The fourth-order valence-corrected chi connectivity index (χ4v) is 1.63. The monoisotopic (exact) mass is 222 g/mol. The number of anilines is 1. The van der Waals surface area contributed by atoms with Crippen molar-refractivity contribution >= 4 is 17.3 Å². The minimum absolute atomic E-state index is 0.376. The first-order chi connectivity index (χ1) is 7.26. The molecule has 1 fully saturated rings. The highest BCUT2D eigenvalue weighted by Gasteiger charge is 2.38. The van der Waals surface area contributed by atoms with Gasteiger partial charge < -0.3 is 10.1 Å². The Bertz CT molecular complexity index is 396. The van der Waals surface area contributed by atoms with Gasteiger partial charge in [0.15, 0.2) is 0 Å². The molecule has 0 amide bonds. The van der Waals surface area contributed by atoms with Crippen molar-refractivity contribution in [2.45, 2.75) is 0 Å². The molecule has 3 nitrogen and oxygen atoms in total. The number of hydrogen-bond donors (Lipinski definition) is 1. The predicted molar refractivity (Wildman–Crippen MR) is 58.8 cm³/mol. The zero-order valence-corrected chi connectivity index (χ0v) is 8.92. The van der Waals surface area contributed by atoms with Crippen molar-refractivity contribution in [2.75, 3.05) is 25.1 Å². The lowest BCUT2D eigenvalue weighted by atomic mass is 9.88. The maximum absolute atomic E-state index is 8.98. The summed E-state index contributed by atoms with van der Waals surface area (Å²) >= 11 is 5.98. The fraction of sp³-hybridized carbons (Fsp3) is 0.364. The topological polar surface area (TPSA) is 45.0 Å². The Hall–Kier alpha value is -1.24. The third-order valence-electron chi connectivity index (χ3n) is 2.48. The second-order valence-electron chi connectivity index (χ2n) is 3.72. The van der Waals surface area contributed by atoms with Gasteiger partial charge in [-0.15, -0.1) is 0 Å². The van der Waals surface area contributed by atoms with Gasteiger partial charge in [0.2, 0.25) is 0 Å². The van der Waals surface area contributed by atoms with Crippen LogP contribution >= 0.6 is 11.6 Å². The van der Waals surface area contributed by atoms with Crippen LogP contribution in [0.25, 0.3) is 0 Å². The summed E-state index contributed by atoms with van der Waals surface area (Å²) in [4.78, 5) is 0. The zero-order chi connectivity index (χ0) is 10.7. The molecule has 0 aliphatic carbocycles. The largest absolute Gasteiger partial charge is 0.382 e. The third-order valence-corrected chi connectivity index (χ3v) is 2.81. The molecule has 78 valence electrons. The highest BCUT2D eigenvalue weighted by molar-refractivity contribution is 6.33. The predicted octanol–water partition coefficient (Wildman–Crippen LogP) is 2.29. The molecule has 0 saturated carbocycles. The van der Waals surface area contributed by atoms with Crippen LogP contribution < -0.4 is 5.32 Å². The standard InChI is InChI=1S/C11H11ClN2O/c12-9-3-1-2-4-10(9)14-6-11(5-13)7-15-8-11/h1-4,14H,6-8H2. The molecular weight excluding hydrogens is 212 g/mol. The molecule has 0 unspecified atom stereocenters. The van der Waals surface area contributed by atoms with E-state index in [1.54, 1.807) is 0 Å². The van der Waals surface area contributed by atoms with Crippen molar-refractivity contribution in [1.82, 2.24) is 0 Å². The first kappa shape index (κ1) is 10.3. The maximum atomic E-state index is 8.98. The smallest absolute Gasteiger partial charge is 0.121 e. The van der Waals surface area contributed by atoms with Gasteiger partial charge in [-0.1, -0.05) is 23.7 Å². The fourth-order valence-electron chi connectivity index (χ4n) is 1.42. The molecule has 1 aromatic carbocycles. The Kier molecular flexibility index (Phi) is 2.81. The van der Waals surface area contributed by atoms with Gasteiger partial charge >= 0.3 is 0 Å². The van der Waals surface area contributed by atoms with Gasteiger partial charge in [-0.3, -0.25) is 0 Å². The van der Waals surface area contributed by atoms with Gasteiger partial charge in [0, 0.05) is 6.54 Å². The van der Waals surface area contributed by atoms with Crippen molar-refractivity contribution in [2.24, 2.45) is 5.41 Å². The lowest BCUT2D eigenvalue weighted by Gasteiger charge is -2.35. The molecule has 1 aromatic rings. The summed E-state index contributed by atoms with van der Waals surface area (Å²) in [5.74, 6) is 0. The molecule has 0 atom stereocenters. The summed E-state index contributed by atoms with van der Waals surface area (Å²) < 4.78 is 5.05. The van der Waals surface area contributed by atoms with Gasteiger partial charge in [0.05, 0.1) is 30.0 Å². The van der Waals surface area contributed by atoms with Crippen LogP contribution in [-0.2, 0) is 4.74 Å². The van der Waals surface area contributed by atoms with E-state index >= 15 is 0 Å². The van der Waals surface area contributed by atoms with Gasteiger partial charge in [0.1, 0.15) is 5.41 Å². The molecule has 0 radical (unpaired) electrons. The minimum atomic E-state index is -0.376. The van der Waals surface area contributed by atoms with Crippen molar-refractivity contribution in [3.8, 4) is 6.07 Å². The van der Waals surface area contributed by atoms with Crippen LogP contribution in [0.4, 0.5) is 5.69 Å². The Labute approximate surface area is 93.6 Å². The highest BCUT2D eigenvalue weighted by Crippen LogP contribution is 2.28. The minimum Gasteiger partial charge on any atom is -0.382 e. The Balaban J connectivity index is 1.99. The van der Waals surface area contributed by atoms with Crippen LogP contribution in [0, 0.1) is 16.7 Å². The first-order valence-electron chi connectivity index (χ1n) is 4.73. The molecule has 0 bridgehead atoms. The average molecular weight is 223 g/mol. The second-order valence-corrected chi connectivity index (χ2v) is 4.13. The van der Waals surface area contributed by atoms with E-state index in [1.165, 1.54) is 0 Å². The van der Waals surface area contributed by atoms with E-state index in [4.69, 9.17) is 21.6 Å². The van der Waals surface area contributed by atoms with Crippen LogP contribution in [0.5, 0.6) is 0 Å². The Morgan fingerprint density at radius 3 is 2.73 bits per heavy atom. The Morgan fingerprint density at radius 1 is 1.47 bits per heavy atom. The third kappa shape index (κ3) is 2.06. The zero-order valence-electron chi connectivity index (χ0n) is 8.16. The number of halogens is 1. The number of nitrogens with one attached hydrogen (secondary N) is 1.